The summed E-state index contributed by atoms with van der Waals surface area (Å²) in [6, 6.07) is 5.76. The van der Waals surface area contributed by atoms with Gasteiger partial charge in [-0.15, -0.1) is 0 Å². The third-order valence-electron chi connectivity index (χ3n) is 6.07. The van der Waals surface area contributed by atoms with Crippen molar-refractivity contribution >= 4 is 5.78 Å². The first kappa shape index (κ1) is 20.3. The van der Waals surface area contributed by atoms with Gasteiger partial charge in [-0.25, -0.2) is 0 Å². The lowest BCUT2D eigenvalue weighted by atomic mass is 9.88. The summed E-state index contributed by atoms with van der Waals surface area (Å²) in [6.45, 7) is 8.38. The van der Waals surface area contributed by atoms with Gasteiger partial charge >= 0.3 is 6.18 Å². The molecule has 2 heterocycles. The van der Waals surface area contributed by atoms with Crippen LogP contribution in [-0.2, 0) is 6.18 Å². The SMILES string of the molecule is CC(C)N1CCC(N2CCCC(C(=O)c3ccc(C(F)(F)F)cc3)C2)CC1. The Labute approximate surface area is 159 Å². The molecule has 6 heteroatoms. The number of hydrogen-bond donors (Lipinski definition) is 0. The minimum absolute atomic E-state index is 0.0203. The largest absolute Gasteiger partial charge is 0.416 e. The second-order valence-corrected chi connectivity index (χ2v) is 8.13. The molecule has 0 aliphatic carbocycles. The maximum absolute atomic E-state index is 12.8. The first-order chi connectivity index (χ1) is 12.8. The van der Waals surface area contributed by atoms with Crippen molar-refractivity contribution in [2.45, 2.75) is 57.8 Å². The van der Waals surface area contributed by atoms with Crippen LogP contribution in [0.3, 0.4) is 0 Å². The van der Waals surface area contributed by atoms with Crippen LogP contribution < -0.4 is 0 Å². The molecule has 0 saturated carbocycles. The number of benzene rings is 1. The number of carbonyl (C=O) groups excluding carboxylic acids is 1. The fraction of sp³-hybridized carbons (Fsp3) is 0.667. The summed E-state index contributed by atoms with van der Waals surface area (Å²) in [7, 11) is 0. The summed E-state index contributed by atoms with van der Waals surface area (Å²) in [6.07, 6.45) is -0.324. The highest BCUT2D eigenvalue weighted by atomic mass is 19.4. The highest BCUT2D eigenvalue weighted by Gasteiger charge is 2.33. The van der Waals surface area contributed by atoms with E-state index >= 15 is 0 Å². The average Bonchev–Trinajstić information content (AvgIpc) is 2.67. The van der Waals surface area contributed by atoms with E-state index in [0.29, 0.717) is 17.6 Å². The van der Waals surface area contributed by atoms with Crippen molar-refractivity contribution in [1.29, 1.82) is 0 Å². The van der Waals surface area contributed by atoms with Crippen LogP contribution in [0, 0.1) is 5.92 Å². The van der Waals surface area contributed by atoms with Gasteiger partial charge in [-0.05, 0) is 71.3 Å². The Hall–Kier alpha value is -1.40. The lowest BCUT2D eigenvalue weighted by Gasteiger charge is -2.43. The zero-order valence-corrected chi connectivity index (χ0v) is 16.1. The number of carbonyl (C=O) groups is 1. The van der Waals surface area contributed by atoms with Gasteiger partial charge in [-0.3, -0.25) is 9.69 Å². The maximum atomic E-state index is 12.8. The molecule has 3 nitrogen and oxygen atoms in total. The van der Waals surface area contributed by atoms with Crippen molar-refractivity contribution < 1.29 is 18.0 Å². The number of Topliss-reactive ketones (excluding diaryl/α,β-unsaturated/α-hetero) is 1. The molecule has 0 N–H and O–H groups in total. The molecule has 1 aromatic carbocycles. The van der Waals surface area contributed by atoms with Crippen molar-refractivity contribution in [3.8, 4) is 0 Å². The van der Waals surface area contributed by atoms with Gasteiger partial charge in [-0.1, -0.05) is 12.1 Å². The van der Waals surface area contributed by atoms with Gasteiger partial charge in [0.2, 0.25) is 0 Å². The molecule has 3 rings (SSSR count). The monoisotopic (exact) mass is 382 g/mol. The third kappa shape index (κ3) is 4.91. The van der Waals surface area contributed by atoms with Gasteiger partial charge < -0.3 is 4.90 Å². The molecule has 2 saturated heterocycles. The fourth-order valence-electron chi connectivity index (χ4n) is 4.38. The molecular formula is C21H29F3N2O. The Morgan fingerprint density at radius 3 is 2.22 bits per heavy atom. The number of halogens is 3. The molecule has 0 radical (unpaired) electrons. The second-order valence-electron chi connectivity index (χ2n) is 8.13. The van der Waals surface area contributed by atoms with Crippen LogP contribution in [0.2, 0.25) is 0 Å². The first-order valence-corrected chi connectivity index (χ1v) is 9.95. The summed E-state index contributed by atoms with van der Waals surface area (Å²) in [5.41, 5.74) is -0.314. The molecule has 0 bridgehead atoms. The number of rotatable bonds is 4. The van der Waals surface area contributed by atoms with Crippen molar-refractivity contribution in [2.24, 2.45) is 5.92 Å². The van der Waals surface area contributed by atoms with Gasteiger partial charge in [0.15, 0.2) is 5.78 Å². The van der Waals surface area contributed by atoms with E-state index in [0.717, 1.165) is 64.0 Å². The van der Waals surface area contributed by atoms with E-state index in [1.54, 1.807) is 0 Å². The molecule has 1 aromatic rings. The van der Waals surface area contributed by atoms with Crippen molar-refractivity contribution in [2.75, 3.05) is 26.2 Å². The van der Waals surface area contributed by atoms with E-state index in [1.807, 2.05) is 0 Å². The summed E-state index contributed by atoms with van der Waals surface area (Å²) in [5.74, 6) is -0.133. The zero-order valence-electron chi connectivity index (χ0n) is 16.1. The van der Waals surface area contributed by atoms with Gasteiger partial charge in [-0.2, -0.15) is 13.2 Å². The van der Waals surface area contributed by atoms with Crippen LogP contribution in [0.15, 0.2) is 24.3 Å². The summed E-state index contributed by atoms with van der Waals surface area (Å²) >= 11 is 0. The molecule has 1 unspecified atom stereocenters. The Bertz CT molecular complexity index is 634. The van der Waals surface area contributed by atoms with Gasteiger partial charge in [0.05, 0.1) is 5.56 Å². The number of hydrogen-bond acceptors (Lipinski definition) is 3. The van der Waals surface area contributed by atoms with E-state index in [2.05, 4.69) is 23.6 Å². The molecular weight excluding hydrogens is 353 g/mol. The molecule has 0 amide bonds. The van der Waals surface area contributed by atoms with Crippen molar-refractivity contribution in [3.63, 3.8) is 0 Å². The Kier molecular flexibility index (Phi) is 6.26. The van der Waals surface area contributed by atoms with E-state index in [9.17, 15) is 18.0 Å². The van der Waals surface area contributed by atoms with Crippen LogP contribution in [0.25, 0.3) is 0 Å². The Morgan fingerprint density at radius 1 is 1.04 bits per heavy atom. The van der Waals surface area contributed by atoms with E-state index < -0.39 is 11.7 Å². The molecule has 2 fully saturated rings. The van der Waals surface area contributed by atoms with Crippen LogP contribution in [0.1, 0.15) is 55.5 Å². The quantitative estimate of drug-likeness (QED) is 0.718. The maximum Gasteiger partial charge on any atom is 0.416 e. The second kappa shape index (κ2) is 8.31. The Morgan fingerprint density at radius 2 is 1.67 bits per heavy atom. The number of alkyl halides is 3. The molecule has 2 aliphatic heterocycles. The van der Waals surface area contributed by atoms with Crippen LogP contribution in [0.4, 0.5) is 13.2 Å². The predicted octanol–water partition coefficient (Wildman–Crippen LogP) is 4.47. The molecule has 0 aromatic heterocycles. The van der Waals surface area contributed by atoms with Crippen LogP contribution in [0.5, 0.6) is 0 Å². The van der Waals surface area contributed by atoms with Crippen molar-refractivity contribution in [1.82, 2.24) is 9.80 Å². The first-order valence-electron chi connectivity index (χ1n) is 9.95. The minimum atomic E-state index is -4.37. The molecule has 2 aliphatic rings. The normalized spacial score (nSPS) is 23.7. The number of ketones is 1. The topological polar surface area (TPSA) is 23.6 Å². The standard InChI is InChI=1S/C21H29F3N2O/c1-15(2)25-12-9-19(10-13-25)26-11-3-4-17(14-26)20(27)16-5-7-18(8-6-16)21(22,23)24/h5-8,15,17,19H,3-4,9-14H2,1-2H3. The van der Waals surface area contributed by atoms with Crippen LogP contribution in [-0.4, -0.2) is 53.8 Å². The van der Waals surface area contributed by atoms with Gasteiger partial charge in [0.25, 0.3) is 0 Å². The zero-order chi connectivity index (χ0) is 19.6. The molecule has 27 heavy (non-hydrogen) atoms. The van der Waals surface area contributed by atoms with Crippen molar-refractivity contribution in [3.05, 3.63) is 35.4 Å². The minimum Gasteiger partial charge on any atom is -0.301 e. The van der Waals surface area contributed by atoms with Gasteiger partial charge in [0, 0.05) is 30.1 Å². The Balaban J connectivity index is 1.60. The summed E-state index contributed by atoms with van der Waals surface area (Å²) in [4.78, 5) is 17.7. The van der Waals surface area contributed by atoms with Gasteiger partial charge in [0.1, 0.15) is 0 Å². The average molecular weight is 382 g/mol. The number of likely N-dealkylation sites (tertiary alicyclic amines) is 2. The lowest BCUT2D eigenvalue weighted by molar-refractivity contribution is -0.137. The summed E-state index contributed by atoms with van der Waals surface area (Å²) < 4.78 is 38.1. The highest BCUT2D eigenvalue weighted by Crippen LogP contribution is 2.30. The van der Waals surface area contributed by atoms with E-state index in [1.165, 1.54) is 12.1 Å². The predicted molar refractivity (Wildman–Crippen MR) is 99.8 cm³/mol. The van der Waals surface area contributed by atoms with E-state index in [-0.39, 0.29) is 11.7 Å². The fourth-order valence-corrected chi connectivity index (χ4v) is 4.38. The molecule has 150 valence electrons. The number of piperidine rings is 2. The smallest absolute Gasteiger partial charge is 0.301 e. The van der Waals surface area contributed by atoms with Crippen LogP contribution >= 0.6 is 0 Å². The lowest BCUT2D eigenvalue weighted by Crippen LogP contribution is -2.50. The highest BCUT2D eigenvalue weighted by molar-refractivity contribution is 5.98. The summed E-state index contributed by atoms with van der Waals surface area (Å²) in [5, 5.41) is 0. The molecule has 0 spiro atoms. The molecule has 1 atom stereocenters. The third-order valence-corrected chi connectivity index (χ3v) is 6.07. The number of nitrogens with zero attached hydrogens (tertiary/aromatic N) is 2. The van der Waals surface area contributed by atoms with E-state index in [4.69, 9.17) is 0 Å².